The van der Waals surface area contributed by atoms with Crippen LogP contribution in [0, 0.1) is 5.82 Å². The number of rotatable bonds is 1. The number of nitrogens with one attached hydrogen (secondary N) is 1. The van der Waals surface area contributed by atoms with Crippen molar-refractivity contribution in [2.24, 2.45) is 0 Å². The summed E-state index contributed by atoms with van der Waals surface area (Å²) in [6.45, 7) is 2.72. The van der Waals surface area contributed by atoms with Gasteiger partial charge in [-0.2, -0.15) is 0 Å². The van der Waals surface area contributed by atoms with E-state index in [9.17, 15) is 14.3 Å². The van der Waals surface area contributed by atoms with E-state index in [-0.39, 0.29) is 5.56 Å². The largest absolute Gasteiger partial charge is 0.385 e. The van der Waals surface area contributed by atoms with Crippen LogP contribution in [0.5, 0.6) is 0 Å². The van der Waals surface area contributed by atoms with Crippen molar-refractivity contribution in [1.82, 2.24) is 4.98 Å². The van der Waals surface area contributed by atoms with E-state index >= 15 is 0 Å². The molecule has 0 fully saturated rings. The smallest absolute Gasteiger partial charge is 0.256 e. The van der Waals surface area contributed by atoms with Gasteiger partial charge in [0.15, 0.2) is 0 Å². The van der Waals surface area contributed by atoms with Crippen LogP contribution >= 0.6 is 0 Å². The first-order chi connectivity index (χ1) is 5.43. The summed E-state index contributed by atoms with van der Waals surface area (Å²) in [7, 11) is 0. The van der Waals surface area contributed by atoms with Gasteiger partial charge in [-0.25, -0.2) is 4.39 Å². The van der Waals surface area contributed by atoms with Crippen LogP contribution in [0.1, 0.15) is 19.4 Å². The summed E-state index contributed by atoms with van der Waals surface area (Å²) in [4.78, 5) is 13.3. The molecule has 0 aliphatic carbocycles. The van der Waals surface area contributed by atoms with E-state index in [1.807, 2.05) is 0 Å². The van der Waals surface area contributed by atoms with Gasteiger partial charge in [0.1, 0.15) is 5.82 Å². The monoisotopic (exact) mass is 171 g/mol. The van der Waals surface area contributed by atoms with E-state index in [1.54, 1.807) is 0 Å². The third-order valence-corrected chi connectivity index (χ3v) is 1.52. The van der Waals surface area contributed by atoms with E-state index in [4.69, 9.17) is 0 Å². The number of halogens is 1. The molecule has 0 radical (unpaired) electrons. The second kappa shape index (κ2) is 2.71. The molecule has 0 aromatic carbocycles. The Balaban J connectivity index is 3.42. The Morgan fingerprint density at radius 1 is 1.58 bits per heavy atom. The number of H-pyrrole nitrogens is 1. The molecule has 1 aromatic rings. The van der Waals surface area contributed by atoms with E-state index in [0.717, 1.165) is 6.07 Å². The lowest BCUT2D eigenvalue weighted by atomic mass is 10.00. The Bertz CT molecular complexity index is 338. The summed E-state index contributed by atoms with van der Waals surface area (Å²) in [5, 5.41) is 9.39. The highest BCUT2D eigenvalue weighted by Crippen LogP contribution is 2.17. The van der Waals surface area contributed by atoms with Crippen molar-refractivity contribution < 1.29 is 9.50 Å². The Kier molecular flexibility index (Phi) is 2.02. The molecule has 2 N–H and O–H groups in total. The van der Waals surface area contributed by atoms with Crippen molar-refractivity contribution in [3.8, 4) is 0 Å². The highest BCUT2D eigenvalue weighted by Gasteiger charge is 2.23. The summed E-state index contributed by atoms with van der Waals surface area (Å²) in [5.41, 5.74) is -2.27. The predicted molar refractivity (Wildman–Crippen MR) is 42.3 cm³/mol. The van der Waals surface area contributed by atoms with Crippen molar-refractivity contribution in [3.05, 3.63) is 34.0 Å². The summed E-state index contributed by atoms with van der Waals surface area (Å²) >= 11 is 0. The fourth-order valence-electron chi connectivity index (χ4n) is 1.02. The number of aromatic nitrogens is 1. The Hall–Kier alpha value is -1.16. The molecule has 0 aliphatic rings. The molecule has 3 nitrogen and oxygen atoms in total. The molecule has 1 aromatic heterocycles. The highest BCUT2D eigenvalue weighted by molar-refractivity contribution is 5.18. The van der Waals surface area contributed by atoms with Crippen molar-refractivity contribution in [2.75, 3.05) is 0 Å². The molecule has 12 heavy (non-hydrogen) atoms. The topological polar surface area (TPSA) is 53.1 Å². The van der Waals surface area contributed by atoms with Gasteiger partial charge >= 0.3 is 0 Å². The second-order valence-electron chi connectivity index (χ2n) is 3.09. The molecule has 4 heteroatoms. The van der Waals surface area contributed by atoms with Crippen LogP contribution in [-0.2, 0) is 5.60 Å². The molecular formula is C8H10FNO2. The number of pyridine rings is 1. The van der Waals surface area contributed by atoms with Crippen molar-refractivity contribution in [1.29, 1.82) is 0 Å². The van der Waals surface area contributed by atoms with Gasteiger partial charge in [0.05, 0.1) is 11.2 Å². The first kappa shape index (κ1) is 8.93. The first-order valence-corrected chi connectivity index (χ1v) is 3.53. The van der Waals surface area contributed by atoms with Crippen LogP contribution in [-0.4, -0.2) is 10.1 Å². The lowest BCUT2D eigenvalue weighted by Crippen LogP contribution is -2.28. The molecule has 0 saturated carbocycles. The van der Waals surface area contributed by atoms with Gasteiger partial charge in [-0.05, 0) is 19.9 Å². The minimum atomic E-state index is -1.45. The lowest BCUT2D eigenvalue weighted by molar-refractivity contribution is 0.0728. The molecule has 1 heterocycles. The molecule has 0 saturated heterocycles. The third-order valence-electron chi connectivity index (χ3n) is 1.52. The zero-order chi connectivity index (χ0) is 9.35. The van der Waals surface area contributed by atoms with Crippen LogP contribution in [0.4, 0.5) is 4.39 Å². The minimum Gasteiger partial charge on any atom is -0.385 e. The van der Waals surface area contributed by atoms with Crippen molar-refractivity contribution >= 4 is 0 Å². The highest BCUT2D eigenvalue weighted by atomic mass is 19.1. The normalized spacial score (nSPS) is 11.7. The molecule has 66 valence electrons. The minimum absolute atomic E-state index is 0.231. The fourth-order valence-corrected chi connectivity index (χ4v) is 1.02. The van der Waals surface area contributed by atoms with Gasteiger partial charge in [0.25, 0.3) is 5.56 Å². The van der Waals surface area contributed by atoms with Crippen LogP contribution in [0.2, 0.25) is 0 Å². The number of aromatic amines is 1. The number of hydrogen-bond donors (Lipinski definition) is 2. The van der Waals surface area contributed by atoms with Crippen LogP contribution in [0.3, 0.4) is 0 Å². The fraction of sp³-hybridized carbons (Fsp3) is 0.375. The first-order valence-electron chi connectivity index (χ1n) is 3.53. The van der Waals surface area contributed by atoms with Gasteiger partial charge in [0, 0.05) is 6.20 Å². The maximum Gasteiger partial charge on any atom is 0.256 e. The van der Waals surface area contributed by atoms with Crippen molar-refractivity contribution in [2.45, 2.75) is 19.4 Å². The molecule has 0 bridgehead atoms. The molecule has 1 rings (SSSR count). The average Bonchev–Trinajstić information content (AvgIpc) is 1.82. The molecular weight excluding hydrogens is 161 g/mol. The second-order valence-corrected chi connectivity index (χ2v) is 3.09. The quantitative estimate of drug-likeness (QED) is 0.654. The lowest BCUT2D eigenvalue weighted by Gasteiger charge is -2.16. The number of hydrogen-bond acceptors (Lipinski definition) is 2. The van der Waals surface area contributed by atoms with E-state index < -0.39 is 17.0 Å². The van der Waals surface area contributed by atoms with Crippen LogP contribution < -0.4 is 5.56 Å². The maximum absolute atomic E-state index is 13.0. The maximum atomic E-state index is 13.0. The summed E-state index contributed by atoms with van der Waals surface area (Å²) in [6.07, 6.45) is 1.20. The molecule has 0 aliphatic heterocycles. The van der Waals surface area contributed by atoms with Gasteiger partial charge in [-0.15, -0.1) is 0 Å². The Morgan fingerprint density at radius 2 is 2.17 bits per heavy atom. The summed E-state index contributed by atoms with van der Waals surface area (Å²) in [5.74, 6) is -0.689. The predicted octanol–water partition coefficient (Wildman–Crippen LogP) is 0.741. The van der Waals surface area contributed by atoms with E-state index in [0.29, 0.717) is 0 Å². The van der Waals surface area contributed by atoms with Gasteiger partial charge < -0.3 is 10.1 Å². The zero-order valence-electron chi connectivity index (χ0n) is 6.89. The molecule has 0 spiro atoms. The van der Waals surface area contributed by atoms with Crippen LogP contribution in [0.25, 0.3) is 0 Å². The Morgan fingerprint density at radius 3 is 2.50 bits per heavy atom. The summed E-state index contributed by atoms with van der Waals surface area (Å²) < 4.78 is 13.0. The zero-order valence-corrected chi connectivity index (χ0v) is 6.89. The molecule has 0 amide bonds. The standard InChI is InChI=1S/C8H10FNO2/c1-8(2,12)6-5(9)3-4-10-7(6)11/h3-4,12H,1-2H3,(H,10,11). The van der Waals surface area contributed by atoms with Gasteiger partial charge in [-0.1, -0.05) is 0 Å². The van der Waals surface area contributed by atoms with Crippen LogP contribution in [0.15, 0.2) is 17.1 Å². The molecule has 0 unspecified atom stereocenters. The number of aliphatic hydroxyl groups is 1. The summed E-state index contributed by atoms with van der Waals surface area (Å²) in [6, 6.07) is 1.11. The van der Waals surface area contributed by atoms with Gasteiger partial charge in [0.2, 0.25) is 0 Å². The Labute approximate surface area is 68.9 Å². The average molecular weight is 171 g/mol. The van der Waals surface area contributed by atoms with E-state index in [1.165, 1.54) is 20.0 Å². The van der Waals surface area contributed by atoms with Crippen molar-refractivity contribution in [3.63, 3.8) is 0 Å². The van der Waals surface area contributed by atoms with Gasteiger partial charge in [-0.3, -0.25) is 4.79 Å². The molecule has 0 atom stereocenters. The SMILES string of the molecule is CC(C)(O)c1c(F)cc[nH]c1=O. The third kappa shape index (κ3) is 1.53. The van der Waals surface area contributed by atoms with E-state index in [2.05, 4.69) is 4.98 Å².